The number of nitro benzene ring substituents is 1. The number of hydrogen-bond donors (Lipinski definition) is 1. The number of rotatable bonds is 9. The van der Waals surface area contributed by atoms with Crippen LogP contribution < -0.4 is 5.32 Å². The molecule has 0 radical (unpaired) electrons. The zero-order valence-electron chi connectivity index (χ0n) is 16.1. The molecular weight excluding hydrogens is 416 g/mol. The Morgan fingerprint density at radius 1 is 1.07 bits per heavy atom. The van der Waals surface area contributed by atoms with Gasteiger partial charge in [0.1, 0.15) is 0 Å². The van der Waals surface area contributed by atoms with Crippen molar-refractivity contribution in [2.45, 2.75) is 19.8 Å². The van der Waals surface area contributed by atoms with Gasteiger partial charge >= 0.3 is 11.9 Å². The molecule has 1 N–H and O–H groups in total. The van der Waals surface area contributed by atoms with E-state index in [0.717, 1.165) is 25.0 Å². The SMILES string of the molecule is CCCCOC(=O)c1ccc(NC(=O)COC(=O)c2cc([N+](=O)[O-])ccc2Cl)cc1. The molecule has 158 valence electrons. The van der Waals surface area contributed by atoms with Crippen LogP contribution in [0.4, 0.5) is 11.4 Å². The number of nitro groups is 1. The van der Waals surface area contributed by atoms with E-state index in [0.29, 0.717) is 17.9 Å². The molecular formula is C20H19ClN2O7. The molecule has 0 unspecified atom stereocenters. The molecule has 0 heterocycles. The number of hydrogen-bond acceptors (Lipinski definition) is 7. The third kappa shape index (κ3) is 6.56. The van der Waals surface area contributed by atoms with Crippen LogP contribution in [0.1, 0.15) is 40.5 Å². The molecule has 0 aromatic heterocycles. The van der Waals surface area contributed by atoms with Gasteiger partial charge in [-0.05, 0) is 36.8 Å². The number of nitrogens with one attached hydrogen (secondary N) is 1. The van der Waals surface area contributed by atoms with Crippen LogP contribution in [-0.2, 0) is 14.3 Å². The van der Waals surface area contributed by atoms with Crippen LogP contribution in [-0.4, -0.2) is 36.0 Å². The van der Waals surface area contributed by atoms with Crippen molar-refractivity contribution in [3.63, 3.8) is 0 Å². The Bertz CT molecular complexity index is 945. The fraction of sp³-hybridized carbons (Fsp3) is 0.250. The standard InChI is InChI=1S/C20H19ClN2O7/c1-2-3-10-29-19(25)13-4-6-14(7-5-13)22-18(24)12-30-20(26)16-11-15(23(27)28)8-9-17(16)21/h4-9,11H,2-3,10,12H2,1H3,(H,22,24). The van der Waals surface area contributed by atoms with Crippen molar-refractivity contribution in [1.82, 2.24) is 0 Å². The van der Waals surface area contributed by atoms with Crippen molar-refractivity contribution in [1.29, 1.82) is 0 Å². The highest BCUT2D eigenvalue weighted by molar-refractivity contribution is 6.33. The van der Waals surface area contributed by atoms with E-state index in [1.807, 2.05) is 6.92 Å². The molecule has 0 aliphatic carbocycles. The predicted octanol–water partition coefficient (Wildman–Crippen LogP) is 4.00. The first-order chi connectivity index (χ1) is 14.3. The van der Waals surface area contributed by atoms with Crippen LogP contribution in [0.25, 0.3) is 0 Å². The minimum Gasteiger partial charge on any atom is -0.462 e. The summed E-state index contributed by atoms with van der Waals surface area (Å²) in [6.45, 7) is 1.70. The molecule has 1 amide bonds. The number of esters is 2. The van der Waals surface area contributed by atoms with Gasteiger partial charge in [0.25, 0.3) is 11.6 Å². The van der Waals surface area contributed by atoms with Gasteiger partial charge in [-0.1, -0.05) is 24.9 Å². The van der Waals surface area contributed by atoms with Gasteiger partial charge in [-0.3, -0.25) is 14.9 Å². The summed E-state index contributed by atoms with van der Waals surface area (Å²) < 4.78 is 9.95. The number of non-ortho nitro benzene ring substituents is 1. The lowest BCUT2D eigenvalue weighted by molar-refractivity contribution is -0.384. The van der Waals surface area contributed by atoms with Crippen molar-refractivity contribution < 1.29 is 28.8 Å². The van der Waals surface area contributed by atoms with E-state index < -0.39 is 29.4 Å². The first-order valence-electron chi connectivity index (χ1n) is 9.00. The third-order valence-electron chi connectivity index (χ3n) is 3.85. The van der Waals surface area contributed by atoms with Gasteiger partial charge in [-0.15, -0.1) is 0 Å². The molecule has 10 heteroatoms. The van der Waals surface area contributed by atoms with Crippen LogP contribution in [0, 0.1) is 10.1 Å². The molecule has 0 aliphatic heterocycles. The minimum absolute atomic E-state index is 0.0348. The fourth-order valence-corrected chi connectivity index (χ4v) is 2.47. The van der Waals surface area contributed by atoms with Crippen LogP contribution in [0.3, 0.4) is 0 Å². The van der Waals surface area contributed by atoms with Gasteiger partial charge in [0, 0.05) is 17.8 Å². The number of carbonyl (C=O) groups is 3. The smallest absolute Gasteiger partial charge is 0.340 e. The van der Waals surface area contributed by atoms with E-state index in [-0.39, 0.29) is 16.3 Å². The number of halogens is 1. The van der Waals surface area contributed by atoms with Crippen LogP contribution in [0.2, 0.25) is 5.02 Å². The maximum Gasteiger partial charge on any atom is 0.340 e. The number of anilines is 1. The number of ether oxygens (including phenoxy) is 2. The molecule has 2 rings (SSSR count). The van der Waals surface area contributed by atoms with Crippen molar-refractivity contribution in [3.8, 4) is 0 Å². The van der Waals surface area contributed by atoms with Crippen molar-refractivity contribution in [3.05, 3.63) is 68.7 Å². The Morgan fingerprint density at radius 3 is 2.40 bits per heavy atom. The lowest BCUT2D eigenvalue weighted by Crippen LogP contribution is -2.21. The van der Waals surface area contributed by atoms with Gasteiger partial charge in [-0.2, -0.15) is 0 Å². The van der Waals surface area contributed by atoms with Crippen LogP contribution in [0.5, 0.6) is 0 Å². The molecule has 0 fully saturated rings. The largest absolute Gasteiger partial charge is 0.462 e. The average Bonchev–Trinajstić information content (AvgIpc) is 2.72. The van der Waals surface area contributed by atoms with Gasteiger partial charge < -0.3 is 14.8 Å². The van der Waals surface area contributed by atoms with E-state index in [2.05, 4.69) is 5.32 Å². The highest BCUT2D eigenvalue weighted by atomic mass is 35.5. The minimum atomic E-state index is -0.968. The van der Waals surface area contributed by atoms with E-state index in [1.165, 1.54) is 30.3 Å². The summed E-state index contributed by atoms with van der Waals surface area (Å²) in [5.74, 6) is -2.06. The summed E-state index contributed by atoms with van der Waals surface area (Å²) in [7, 11) is 0. The second kappa shape index (κ2) is 10.9. The molecule has 0 saturated carbocycles. The Hall–Kier alpha value is -3.46. The summed E-state index contributed by atoms with van der Waals surface area (Å²) in [5.41, 5.74) is 0.180. The normalized spacial score (nSPS) is 10.2. The van der Waals surface area contributed by atoms with Gasteiger partial charge in [0.15, 0.2) is 6.61 Å². The fourth-order valence-electron chi connectivity index (χ4n) is 2.27. The molecule has 30 heavy (non-hydrogen) atoms. The van der Waals surface area contributed by atoms with Crippen LogP contribution in [0.15, 0.2) is 42.5 Å². The summed E-state index contributed by atoms with van der Waals surface area (Å²) in [4.78, 5) is 46.0. The molecule has 9 nitrogen and oxygen atoms in total. The van der Waals surface area contributed by atoms with Gasteiger partial charge in [0.05, 0.1) is 27.7 Å². The second-order valence-electron chi connectivity index (χ2n) is 6.11. The summed E-state index contributed by atoms with van der Waals surface area (Å²) >= 11 is 5.86. The van der Waals surface area contributed by atoms with E-state index >= 15 is 0 Å². The number of unbranched alkanes of at least 4 members (excludes halogenated alkanes) is 1. The maximum absolute atomic E-state index is 12.1. The molecule has 0 bridgehead atoms. The third-order valence-corrected chi connectivity index (χ3v) is 4.18. The highest BCUT2D eigenvalue weighted by Gasteiger charge is 2.18. The number of amides is 1. The highest BCUT2D eigenvalue weighted by Crippen LogP contribution is 2.22. The molecule has 2 aromatic carbocycles. The first kappa shape index (κ1) is 22.8. The van der Waals surface area contributed by atoms with E-state index in [4.69, 9.17) is 21.1 Å². The Balaban J connectivity index is 1.89. The maximum atomic E-state index is 12.1. The summed E-state index contributed by atoms with van der Waals surface area (Å²) in [5, 5.41) is 13.3. The zero-order chi connectivity index (χ0) is 22.1. The number of nitrogens with zero attached hydrogens (tertiary/aromatic N) is 1. The van der Waals surface area contributed by atoms with Gasteiger partial charge in [-0.25, -0.2) is 9.59 Å². The van der Waals surface area contributed by atoms with Crippen molar-refractivity contribution in [2.24, 2.45) is 0 Å². The molecule has 0 saturated heterocycles. The van der Waals surface area contributed by atoms with Crippen molar-refractivity contribution >= 4 is 40.8 Å². The number of carbonyl (C=O) groups excluding carboxylic acids is 3. The van der Waals surface area contributed by atoms with E-state index in [1.54, 1.807) is 0 Å². The summed E-state index contributed by atoms with van der Waals surface area (Å²) in [6, 6.07) is 9.33. The number of benzene rings is 2. The Morgan fingerprint density at radius 2 is 1.77 bits per heavy atom. The van der Waals surface area contributed by atoms with Crippen molar-refractivity contribution in [2.75, 3.05) is 18.5 Å². The molecule has 0 spiro atoms. The van der Waals surface area contributed by atoms with Gasteiger partial charge in [0.2, 0.25) is 0 Å². The topological polar surface area (TPSA) is 125 Å². The van der Waals surface area contributed by atoms with E-state index in [9.17, 15) is 24.5 Å². The Labute approximate surface area is 177 Å². The lowest BCUT2D eigenvalue weighted by Gasteiger charge is -2.08. The summed E-state index contributed by atoms with van der Waals surface area (Å²) in [6.07, 6.45) is 1.69. The Kier molecular flexibility index (Phi) is 8.30. The molecule has 0 aliphatic rings. The predicted molar refractivity (Wildman–Crippen MR) is 109 cm³/mol. The van der Waals surface area contributed by atoms with Crippen LogP contribution >= 0.6 is 11.6 Å². The molecule has 0 atom stereocenters. The zero-order valence-corrected chi connectivity index (χ0v) is 16.8. The second-order valence-corrected chi connectivity index (χ2v) is 6.52. The molecule has 2 aromatic rings. The average molecular weight is 435 g/mol. The first-order valence-corrected chi connectivity index (χ1v) is 9.37. The quantitative estimate of drug-likeness (QED) is 0.273. The lowest BCUT2D eigenvalue weighted by atomic mass is 10.2. The monoisotopic (exact) mass is 434 g/mol.